The molecular weight excluding hydrogens is 789 g/mol. The van der Waals surface area contributed by atoms with E-state index in [-0.39, 0.29) is 25.5 Å². The van der Waals surface area contributed by atoms with Gasteiger partial charge in [0.05, 0.1) is 0 Å². The number of carbonyl (C=O) groups excluding carboxylic acids is 5. The molecule has 2 rings (SSSR count). The van der Waals surface area contributed by atoms with Crippen molar-refractivity contribution in [3.05, 3.63) is 35.9 Å². The van der Waals surface area contributed by atoms with Crippen LogP contribution in [-0.4, -0.2) is 78.5 Å². The van der Waals surface area contributed by atoms with Crippen LogP contribution in [0.3, 0.4) is 0 Å². The fourth-order valence-corrected chi connectivity index (χ4v) is 8.20. The van der Waals surface area contributed by atoms with Crippen LogP contribution in [0.2, 0.25) is 0 Å². The molecule has 1 aliphatic rings. The summed E-state index contributed by atoms with van der Waals surface area (Å²) in [5.74, 6) is -2.15. The Kier molecular flexibility index (Phi) is 30.5. The Labute approximate surface area is 374 Å². The molecule has 1 aliphatic heterocycles. The molecule has 1 N–H and O–H groups in total. The quantitative estimate of drug-likeness (QED) is 0.0397. The van der Waals surface area contributed by atoms with E-state index in [1.54, 1.807) is 4.90 Å². The smallest absolute Gasteiger partial charge is 0.407 e. The minimum absolute atomic E-state index is 0.0357. The van der Waals surface area contributed by atoms with E-state index in [0.717, 1.165) is 44.1 Å². The topological polar surface area (TPSA) is 147 Å². The number of hydrogen-bond acceptors (Lipinski definition) is 10. The molecule has 0 aliphatic carbocycles. The van der Waals surface area contributed by atoms with Crippen molar-refractivity contribution in [2.75, 3.05) is 13.2 Å². The SMILES string of the molecule is CCCCCCCCCCCCCCCCCCN(C(=O)CCCCCCCCCCC)[C@@H]1O[C@H](COC(C)=O)[C@@H](OC(C)=O)[C@H](OC(C)=O)[C@H]1NC(=O)OCc1ccccc1. The van der Waals surface area contributed by atoms with E-state index < -0.39 is 54.6 Å². The first-order valence-electron chi connectivity index (χ1n) is 24.5. The second-order valence-corrected chi connectivity index (χ2v) is 17.2. The van der Waals surface area contributed by atoms with Crippen molar-refractivity contribution in [2.45, 2.75) is 239 Å². The molecule has 1 aromatic rings. The summed E-state index contributed by atoms with van der Waals surface area (Å²) in [5, 5.41) is 2.82. The molecule has 12 nitrogen and oxygen atoms in total. The second-order valence-electron chi connectivity index (χ2n) is 17.2. The van der Waals surface area contributed by atoms with Gasteiger partial charge in [0.2, 0.25) is 5.91 Å². The van der Waals surface area contributed by atoms with E-state index >= 15 is 0 Å². The first kappa shape index (κ1) is 54.5. The Morgan fingerprint density at radius 3 is 1.48 bits per heavy atom. The lowest BCUT2D eigenvalue weighted by molar-refractivity contribution is -0.245. The Morgan fingerprint density at radius 1 is 0.565 bits per heavy atom. The summed E-state index contributed by atoms with van der Waals surface area (Å²) in [6.45, 7) is 8.08. The molecule has 2 amide bonds. The number of ether oxygens (including phenoxy) is 5. The van der Waals surface area contributed by atoms with Gasteiger partial charge in [-0.25, -0.2) is 4.79 Å². The molecule has 0 unspecified atom stereocenters. The number of nitrogens with one attached hydrogen (secondary N) is 1. The average Bonchev–Trinajstić information content (AvgIpc) is 3.24. The maximum absolute atomic E-state index is 14.4. The van der Waals surface area contributed by atoms with Crippen LogP contribution in [0.15, 0.2) is 30.3 Å². The first-order valence-corrected chi connectivity index (χ1v) is 24.5. The molecule has 1 fully saturated rings. The van der Waals surface area contributed by atoms with Crippen molar-refractivity contribution >= 4 is 29.9 Å². The zero-order valence-corrected chi connectivity index (χ0v) is 39.3. The standard InChI is InChI=1S/C50H84N2O10/c1-6-8-10-12-14-16-17-18-19-20-21-22-24-26-28-33-37-52(45(56)36-32-27-25-23-15-13-11-9-7-2)49-46(51-50(57)59-38-43-34-30-29-31-35-43)48(61-42(5)55)47(60-41(4)54)44(62-49)39-58-40(3)53/h29-31,34-35,44,46-49H,6-28,32-33,36-39H2,1-5H3,(H,51,57)/t44-,46-,47-,48-,49-/m1/s1. The van der Waals surface area contributed by atoms with Gasteiger partial charge >= 0.3 is 24.0 Å². The maximum atomic E-state index is 14.4. The van der Waals surface area contributed by atoms with Crippen LogP contribution >= 0.6 is 0 Å². The lowest BCUT2D eigenvalue weighted by atomic mass is 9.94. The third-order valence-electron chi connectivity index (χ3n) is 11.6. The van der Waals surface area contributed by atoms with E-state index in [1.807, 2.05) is 30.3 Å². The van der Waals surface area contributed by atoms with E-state index in [0.29, 0.717) is 19.4 Å². The number of alkyl carbamates (subject to hydrolysis) is 1. The lowest BCUT2D eigenvalue weighted by Gasteiger charge is -2.48. The molecule has 1 aromatic carbocycles. The number of hydrogen-bond donors (Lipinski definition) is 1. The van der Waals surface area contributed by atoms with E-state index in [4.69, 9.17) is 23.7 Å². The highest BCUT2D eigenvalue weighted by Gasteiger charge is 2.53. The number of rotatable bonds is 35. The van der Waals surface area contributed by atoms with Crippen molar-refractivity contribution < 1.29 is 47.7 Å². The van der Waals surface area contributed by atoms with Gasteiger partial charge in [-0.3, -0.25) is 19.2 Å². The van der Waals surface area contributed by atoms with E-state index in [1.165, 1.54) is 130 Å². The van der Waals surface area contributed by atoms with Gasteiger partial charge in [0, 0.05) is 33.7 Å². The minimum atomic E-state index is -1.31. The zero-order valence-electron chi connectivity index (χ0n) is 39.3. The molecule has 354 valence electrons. The van der Waals surface area contributed by atoms with E-state index in [9.17, 15) is 24.0 Å². The first-order chi connectivity index (χ1) is 30.1. The highest BCUT2D eigenvalue weighted by atomic mass is 16.6. The molecule has 1 heterocycles. The number of esters is 3. The Hall–Kier alpha value is -3.67. The predicted molar refractivity (Wildman–Crippen MR) is 243 cm³/mol. The zero-order chi connectivity index (χ0) is 45.2. The normalized spacial score (nSPS) is 18.4. The fraction of sp³-hybridized carbons (Fsp3) is 0.780. The summed E-state index contributed by atoms with van der Waals surface area (Å²) in [5.41, 5.74) is 0.760. The van der Waals surface area contributed by atoms with Crippen molar-refractivity contribution in [1.82, 2.24) is 10.2 Å². The molecule has 62 heavy (non-hydrogen) atoms. The highest BCUT2D eigenvalue weighted by molar-refractivity contribution is 5.77. The van der Waals surface area contributed by atoms with Gasteiger partial charge in [-0.1, -0.05) is 192 Å². The van der Waals surface area contributed by atoms with Gasteiger partial charge in [0.1, 0.15) is 25.4 Å². The van der Waals surface area contributed by atoms with Crippen molar-refractivity contribution in [3.8, 4) is 0 Å². The Balaban J connectivity index is 2.22. The van der Waals surface area contributed by atoms with Crippen molar-refractivity contribution in [1.29, 1.82) is 0 Å². The van der Waals surface area contributed by atoms with Crippen LogP contribution in [0.1, 0.15) is 207 Å². The summed E-state index contributed by atoms with van der Waals surface area (Å²) in [4.78, 5) is 66.7. The van der Waals surface area contributed by atoms with Crippen LogP contribution in [0.25, 0.3) is 0 Å². The molecule has 0 saturated carbocycles. The molecule has 0 aromatic heterocycles. The van der Waals surface area contributed by atoms with Gasteiger partial charge in [0.25, 0.3) is 0 Å². The van der Waals surface area contributed by atoms with Crippen LogP contribution in [0.4, 0.5) is 4.79 Å². The lowest BCUT2D eigenvalue weighted by Crippen LogP contribution is -2.70. The van der Waals surface area contributed by atoms with Crippen molar-refractivity contribution in [3.63, 3.8) is 0 Å². The summed E-state index contributed by atoms with van der Waals surface area (Å²) in [6.07, 6.45) is 23.9. The summed E-state index contributed by atoms with van der Waals surface area (Å²) >= 11 is 0. The molecule has 5 atom stereocenters. The Bertz CT molecular complexity index is 1360. The summed E-state index contributed by atoms with van der Waals surface area (Å²) in [7, 11) is 0. The molecular formula is C50H84N2O10. The Morgan fingerprint density at radius 2 is 1.02 bits per heavy atom. The van der Waals surface area contributed by atoms with Gasteiger partial charge in [0.15, 0.2) is 18.4 Å². The van der Waals surface area contributed by atoms with Crippen LogP contribution in [-0.2, 0) is 49.5 Å². The maximum Gasteiger partial charge on any atom is 0.407 e. The van der Waals surface area contributed by atoms with E-state index in [2.05, 4.69) is 19.2 Å². The van der Waals surface area contributed by atoms with Gasteiger partial charge < -0.3 is 33.9 Å². The minimum Gasteiger partial charge on any atom is -0.463 e. The number of carbonyl (C=O) groups is 5. The number of amides is 2. The van der Waals surface area contributed by atoms with Gasteiger partial charge in [-0.05, 0) is 18.4 Å². The van der Waals surface area contributed by atoms with Crippen molar-refractivity contribution in [2.24, 2.45) is 0 Å². The monoisotopic (exact) mass is 873 g/mol. The molecule has 1 saturated heterocycles. The number of unbranched alkanes of at least 4 members (excludes halogenated alkanes) is 23. The molecule has 0 bridgehead atoms. The van der Waals surface area contributed by atoms with Crippen LogP contribution in [0, 0.1) is 0 Å². The third-order valence-corrected chi connectivity index (χ3v) is 11.6. The second kappa shape index (κ2) is 34.8. The summed E-state index contributed by atoms with van der Waals surface area (Å²) < 4.78 is 29.0. The van der Waals surface area contributed by atoms with Gasteiger partial charge in [-0.2, -0.15) is 0 Å². The highest BCUT2D eigenvalue weighted by Crippen LogP contribution is 2.30. The molecule has 0 radical (unpaired) electrons. The third kappa shape index (κ3) is 24.8. The largest absolute Gasteiger partial charge is 0.463 e. The van der Waals surface area contributed by atoms with Gasteiger partial charge in [-0.15, -0.1) is 0 Å². The van der Waals surface area contributed by atoms with Crippen LogP contribution < -0.4 is 5.32 Å². The fourth-order valence-electron chi connectivity index (χ4n) is 8.20. The van der Waals surface area contributed by atoms with Crippen LogP contribution in [0.5, 0.6) is 0 Å². The number of nitrogens with zero attached hydrogens (tertiary/aromatic N) is 1. The molecule has 12 heteroatoms. The predicted octanol–water partition coefficient (Wildman–Crippen LogP) is 11.4. The molecule has 0 spiro atoms. The summed E-state index contributed by atoms with van der Waals surface area (Å²) in [6, 6.07) is 7.97. The number of benzene rings is 1. The average molecular weight is 873 g/mol.